The van der Waals surface area contributed by atoms with E-state index < -0.39 is 0 Å². The van der Waals surface area contributed by atoms with Crippen molar-refractivity contribution in [3.8, 4) is 10.8 Å². The number of nitrogens with zero attached hydrogens (tertiary/aromatic N) is 2. The van der Waals surface area contributed by atoms with Crippen molar-refractivity contribution in [1.82, 2.24) is 10.3 Å². The van der Waals surface area contributed by atoms with E-state index in [0.29, 0.717) is 12.5 Å². The van der Waals surface area contributed by atoms with Gasteiger partial charge < -0.3 is 15.5 Å². The largest absolute Gasteiger partial charge is 0.462 e. The van der Waals surface area contributed by atoms with Crippen LogP contribution in [-0.4, -0.2) is 17.0 Å². The van der Waals surface area contributed by atoms with Crippen LogP contribution in [0.15, 0.2) is 33.2 Å². The van der Waals surface area contributed by atoms with Gasteiger partial charge in [0, 0.05) is 11.4 Å². The van der Waals surface area contributed by atoms with Crippen molar-refractivity contribution < 1.29 is 4.42 Å². The number of guanidine groups is 1. The second-order valence-electron chi connectivity index (χ2n) is 4.12. The number of hydrogen-bond donors (Lipinski definition) is 2. The summed E-state index contributed by atoms with van der Waals surface area (Å²) in [5.41, 5.74) is 6.61. The molecule has 0 saturated carbocycles. The molecular weight excluding hydrogens is 248 g/mol. The van der Waals surface area contributed by atoms with Crippen LogP contribution in [0.4, 0.5) is 0 Å². The highest BCUT2D eigenvalue weighted by molar-refractivity contribution is 7.13. The zero-order chi connectivity index (χ0) is 13.0. The van der Waals surface area contributed by atoms with Crippen LogP contribution in [0.2, 0.25) is 0 Å². The Balaban J connectivity index is 1.99. The molecule has 0 unspecified atom stereocenters. The summed E-state index contributed by atoms with van der Waals surface area (Å²) in [6.45, 7) is 4.50. The van der Waals surface area contributed by atoms with Crippen LogP contribution < -0.4 is 11.1 Å². The number of aromatic nitrogens is 1. The summed E-state index contributed by atoms with van der Waals surface area (Å²) in [6, 6.07) is 4.02. The van der Waals surface area contributed by atoms with Gasteiger partial charge in [-0.15, -0.1) is 11.3 Å². The van der Waals surface area contributed by atoms with Gasteiger partial charge in [0.2, 0.25) is 0 Å². The third kappa shape index (κ3) is 3.33. The molecule has 6 heteroatoms. The van der Waals surface area contributed by atoms with Crippen LogP contribution in [0.5, 0.6) is 0 Å². The van der Waals surface area contributed by atoms with Crippen LogP contribution >= 0.6 is 11.3 Å². The Kier molecular flexibility index (Phi) is 3.99. The second-order valence-corrected chi connectivity index (χ2v) is 4.98. The van der Waals surface area contributed by atoms with Crippen LogP contribution in [-0.2, 0) is 6.54 Å². The average Bonchev–Trinajstić information content (AvgIpc) is 2.96. The molecule has 3 N–H and O–H groups in total. The van der Waals surface area contributed by atoms with E-state index >= 15 is 0 Å². The number of furan rings is 1. The minimum Gasteiger partial charge on any atom is -0.462 e. The fourth-order valence-electron chi connectivity index (χ4n) is 1.40. The van der Waals surface area contributed by atoms with Crippen molar-refractivity contribution in [2.45, 2.75) is 26.4 Å². The first-order chi connectivity index (χ1) is 8.65. The number of rotatable bonds is 4. The summed E-state index contributed by atoms with van der Waals surface area (Å²) in [6.07, 6.45) is 1.64. The first-order valence-electron chi connectivity index (χ1n) is 5.70. The van der Waals surface area contributed by atoms with Crippen molar-refractivity contribution in [2.24, 2.45) is 10.7 Å². The Morgan fingerprint density at radius 2 is 2.44 bits per heavy atom. The third-order valence-corrected chi connectivity index (χ3v) is 3.04. The number of aliphatic imine (C=N–C) groups is 1. The Morgan fingerprint density at radius 3 is 3.11 bits per heavy atom. The molecule has 0 fully saturated rings. The summed E-state index contributed by atoms with van der Waals surface area (Å²) >= 11 is 1.54. The van der Waals surface area contributed by atoms with Gasteiger partial charge in [-0.1, -0.05) is 0 Å². The maximum absolute atomic E-state index is 5.72. The lowest BCUT2D eigenvalue weighted by atomic mass is 10.4. The average molecular weight is 264 g/mol. The molecule has 2 heterocycles. The first-order valence-corrected chi connectivity index (χ1v) is 6.58. The third-order valence-electron chi connectivity index (χ3n) is 2.13. The highest BCUT2D eigenvalue weighted by Crippen LogP contribution is 2.24. The zero-order valence-electron chi connectivity index (χ0n) is 10.4. The maximum atomic E-state index is 5.72. The topological polar surface area (TPSA) is 76.4 Å². The van der Waals surface area contributed by atoms with Crippen LogP contribution in [0.3, 0.4) is 0 Å². The molecule has 0 saturated heterocycles. The summed E-state index contributed by atoms with van der Waals surface area (Å²) < 4.78 is 5.29. The first kappa shape index (κ1) is 12.6. The van der Waals surface area contributed by atoms with Crippen LogP contribution in [0, 0.1) is 0 Å². The summed E-state index contributed by atoms with van der Waals surface area (Å²) in [5, 5.41) is 5.86. The fourth-order valence-corrected chi connectivity index (χ4v) is 2.18. The molecule has 5 nitrogen and oxygen atoms in total. The van der Waals surface area contributed by atoms with Gasteiger partial charge in [-0.05, 0) is 26.0 Å². The standard InChI is InChI=1S/C12H16N4OS/c1-8(2)15-12(13)14-6-9-7-18-11(16-9)10-4-3-5-17-10/h3-5,7-8H,6H2,1-2H3,(H3,13,14,15). The van der Waals surface area contributed by atoms with Crippen LogP contribution in [0.25, 0.3) is 10.8 Å². The molecule has 0 aromatic carbocycles. The molecule has 18 heavy (non-hydrogen) atoms. The molecule has 96 valence electrons. The van der Waals surface area contributed by atoms with Gasteiger partial charge >= 0.3 is 0 Å². The van der Waals surface area contributed by atoms with E-state index in [1.165, 1.54) is 11.3 Å². The molecule has 0 amide bonds. The molecule has 0 aliphatic heterocycles. The lowest BCUT2D eigenvalue weighted by Gasteiger charge is -2.07. The highest BCUT2D eigenvalue weighted by Gasteiger charge is 2.06. The van der Waals surface area contributed by atoms with Gasteiger partial charge in [-0.25, -0.2) is 9.98 Å². The fraction of sp³-hybridized carbons (Fsp3) is 0.333. The Morgan fingerprint density at radius 1 is 1.61 bits per heavy atom. The van der Waals surface area contributed by atoms with E-state index in [1.54, 1.807) is 6.26 Å². The number of hydrogen-bond acceptors (Lipinski definition) is 4. The van der Waals surface area contributed by atoms with E-state index in [-0.39, 0.29) is 6.04 Å². The molecule has 0 radical (unpaired) electrons. The number of nitrogens with one attached hydrogen (secondary N) is 1. The maximum Gasteiger partial charge on any atom is 0.189 e. The molecule has 0 aliphatic carbocycles. The zero-order valence-corrected chi connectivity index (χ0v) is 11.2. The van der Waals surface area contributed by atoms with Crippen molar-refractivity contribution in [2.75, 3.05) is 0 Å². The van der Waals surface area contributed by atoms with Crippen LogP contribution in [0.1, 0.15) is 19.5 Å². The summed E-state index contributed by atoms with van der Waals surface area (Å²) in [5.74, 6) is 1.22. The quantitative estimate of drug-likeness (QED) is 0.655. The van der Waals surface area contributed by atoms with Crippen molar-refractivity contribution >= 4 is 17.3 Å². The van der Waals surface area contributed by atoms with E-state index in [0.717, 1.165) is 16.5 Å². The molecule has 2 aromatic rings. The van der Waals surface area contributed by atoms with Gasteiger partial charge in [-0.3, -0.25) is 0 Å². The Labute approximate surface area is 110 Å². The number of nitrogens with two attached hydrogens (primary N) is 1. The molecule has 2 aromatic heterocycles. The van der Waals surface area contributed by atoms with E-state index in [9.17, 15) is 0 Å². The Bertz CT molecular complexity index is 516. The smallest absolute Gasteiger partial charge is 0.189 e. The number of thiazole rings is 1. The van der Waals surface area contributed by atoms with E-state index in [4.69, 9.17) is 10.2 Å². The predicted molar refractivity (Wildman–Crippen MR) is 73.4 cm³/mol. The van der Waals surface area contributed by atoms with Gasteiger partial charge in [0.25, 0.3) is 0 Å². The lowest BCUT2D eigenvalue weighted by molar-refractivity contribution is 0.581. The van der Waals surface area contributed by atoms with E-state index in [1.807, 2.05) is 31.4 Å². The van der Waals surface area contributed by atoms with E-state index in [2.05, 4.69) is 15.3 Å². The second kappa shape index (κ2) is 5.68. The molecule has 2 rings (SSSR count). The molecule has 0 aliphatic rings. The minimum absolute atomic E-state index is 0.280. The monoisotopic (exact) mass is 264 g/mol. The van der Waals surface area contributed by atoms with Gasteiger partial charge in [0.15, 0.2) is 16.7 Å². The Hall–Kier alpha value is -1.82. The minimum atomic E-state index is 0.280. The van der Waals surface area contributed by atoms with Gasteiger partial charge in [-0.2, -0.15) is 0 Å². The predicted octanol–water partition coefficient (Wildman–Crippen LogP) is 2.22. The highest BCUT2D eigenvalue weighted by atomic mass is 32.1. The normalized spacial score (nSPS) is 12.1. The molecule has 0 spiro atoms. The summed E-state index contributed by atoms with van der Waals surface area (Å²) in [7, 11) is 0. The molecular formula is C12H16N4OS. The van der Waals surface area contributed by atoms with Gasteiger partial charge in [0.05, 0.1) is 18.5 Å². The SMILES string of the molecule is CC(C)NC(N)=NCc1csc(-c2ccco2)n1. The van der Waals surface area contributed by atoms with Gasteiger partial charge in [0.1, 0.15) is 0 Å². The summed E-state index contributed by atoms with van der Waals surface area (Å²) in [4.78, 5) is 8.66. The van der Waals surface area contributed by atoms with Crippen molar-refractivity contribution in [3.63, 3.8) is 0 Å². The molecule has 0 atom stereocenters. The molecule has 0 bridgehead atoms. The van der Waals surface area contributed by atoms with Crippen molar-refractivity contribution in [1.29, 1.82) is 0 Å². The lowest BCUT2D eigenvalue weighted by Crippen LogP contribution is -2.36. The van der Waals surface area contributed by atoms with Crippen molar-refractivity contribution in [3.05, 3.63) is 29.5 Å².